The molecule has 0 spiro atoms. The third-order valence-corrected chi connectivity index (χ3v) is 3.50. The van der Waals surface area contributed by atoms with Gasteiger partial charge in [-0.25, -0.2) is 0 Å². The van der Waals surface area contributed by atoms with E-state index >= 15 is 0 Å². The van der Waals surface area contributed by atoms with Crippen LogP contribution in [0.3, 0.4) is 0 Å². The summed E-state index contributed by atoms with van der Waals surface area (Å²) in [6, 6.07) is 4.37. The number of nitrogens with two attached hydrogens (primary N) is 1. The molecule has 2 N–H and O–H groups in total. The molecule has 0 atom stereocenters. The first-order chi connectivity index (χ1) is 9.12. The van der Waals surface area contributed by atoms with Crippen LogP contribution in [-0.2, 0) is 6.42 Å². The number of nitrogens with zero attached hydrogens (tertiary/aromatic N) is 1. The summed E-state index contributed by atoms with van der Waals surface area (Å²) in [6.45, 7) is 13.2. The molecule has 0 amide bonds. The molecule has 1 rings (SSSR count). The highest BCUT2D eigenvalue weighted by molar-refractivity contribution is 5.43. The minimum atomic E-state index is 0.695. The second-order valence-electron chi connectivity index (χ2n) is 4.97. The van der Waals surface area contributed by atoms with Crippen molar-refractivity contribution >= 4 is 0 Å². The molecule has 0 aromatic heterocycles. The molecule has 0 aliphatic heterocycles. The van der Waals surface area contributed by atoms with Crippen LogP contribution in [0.5, 0.6) is 5.75 Å². The molecule has 3 nitrogen and oxygen atoms in total. The van der Waals surface area contributed by atoms with Crippen molar-refractivity contribution in [3.63, 3.8) is 0 Å². The van der Waals surface area contributed by atoms with E-state index in [2.05, 4.69) is 44.7 Å². The zero-order chi connectivity index (χ0) is 14.3. The van der Waals surface area contributed by atoms with Gasteiger partial charge < -0.3 is 15.4 Å². The van der Waals surface area contributed by atoms with E-state index in [0.29, 0.717) is 6.54 Å². The van der Waals surface area contributed by atoms with E-state index in [1.54, 1.807) is 0 Å². The first-order valence-corrected chi connectivity index (χ1v) is 7.27. The predicted molar refractivity (Wildman–Crippen MR) is 82.0 cm³/mol. The summed E-state index contributed by atoms with van der Waals surface area (Å²) in [5.41, 5.74) is 9.33. The van der Waals surface area contributed by atoms with E-state index in [4.69, 9.17) is 10.5 Å². The lowest BCUT2D eigenvalue weighted by Gasteiger charge is -2.19. The van der Waals surface area contributed by atoms with Crippen molar-refractivity contribution in [2.24, 2.45) is 5.73 Å². The highest BCUT2D eigenvalue weighted by Gasteiger charge is 2.07. The number of likely N-dealkylation sites (N-methyl/N-ethyl adjacent to an activating group) is 1. The average molecular weight is 264 g/mol. The molecule has 108 valence electrons. The summed E-state index contributed by atoms with van der Waals surface area (Å²) in [7, 11) is 0. The van der Waals surface area contributed by atoms with Crippen LogP contribution in [0.2, 0.25) is 0 Å². The first kappa shape index (κ1) is 16.0. The van der Waals surface area contributed by atoms with Gasteiger partial charge in [0.25, 0.3) is 0 Å². The van der Waals surface area contributed by atoms with Crippen LogP contribution in [-0.4, -0.2) is 37.7 Å². The SMILES string of the molecule is CCN(CC)CCOc1c(C)cc(CCN)cc1C. The third kappa shape index (κ3) is 4.84. The van der Waals surface area contributed by atoms with Crippen molar-refractivity contribution in [1.29, 1.82) is 0 Å². The van der Waals surface area contributed by atoms with Gasteiger partial charge in [-0.1, -0.05) is 26.0 Å². The monoisotopic (exact) mass is 264 g/mol. The van der Waals surface area contributed by atoms with Crippen molar-refractivity contribution in [2.45, 2.75) is 34.1 Å². The molecule has 0 saturated carbocycles. The maximum absolute atomic E-state index is 5.96. The number of ether oxygens (including phenoxy) is 1. The maximum Gasteiger partial charge on any atom is 0.125 e. The van der Waals surface area contributed by atoms with Gasteiger partial charge in [-0.2, -0.15) is 0 Å². The fraction of sp³-hybridized carbons (Fsp3) is 0.625. The van der Waals surface area contributed by atoms with Gasteiger partial charge in [0.2, 0.25) is 0 Å². The van der Waals surface area contributed by atoms with Gasteiger partial charge >= 0.3 is 0 Å². The fourth-order valence-electron chi connectivity index (χ4n) is 2.40. The van der Waals surface area contributed by atoms with Crippen LogP contribution in [0, 0.1) is 13.8 Å². The molecule has 0 aliphatic carbocycles. The van der Waals surface area contributed by atoms with Gasteiger partial charge in [0.05, 0.1) is 0 Å². The molecule has 0 heterocycles. The zero-order valence-corrected chi connectivity index (χ0v) is 12.8. The van der Waals surface area contributed by atoms with Crippen LogP contribution in [0.1, 0.15) is 30.5 Å². The van der Waals surface area contributed by atoms with Crippen LogP contribution < -0.4 is 10.5 Å². The van der Waals surface area contributed by atoms with E-state index in [1.165, 1.54) is 16.7 Å². The smallest absolute Gasteiger partial charge is 0.125 e. The number of rotatable bonds is 8. The molecule has 1 aromatic carbocycles. The maximum atomic E-state index is 5.96. The second kappa shape index (κ2) is 8.18. The van der Waals surface area contributed by atoms with Crippen molar-refractivity contribution in [3.05, 3.63) is 28.8 Å². The molecule has 0 saturated heterocycles. The Bertz CT molecular complexity index is 363. The summed E-state index contributed by atoms with van der Waals surface area (Å²) in [5, 5.41) is 0. The van der Waals surface area contributed by atoms with Crippen molar-refractivity contribution in [1.82, 2.24) is 4.90 Å². The van der Waals surface area contributed by atoms with Crippen molar-refractivity contribution in [3.8, 4) is 5.75 Å². The summed E-state index contributed by atoms with van der Waals surface area (Å²) in [5.74, 6) is 1.04. The van der Waals surface area contributed by atoms with Gasteiger partial charge in [-0.15, -0.1) is 0 Å². The van der Waals surface area contributed by atoms with Crippen LogP contribution in [0.25, 0.3) is 0 Å². The minimum Gasteiger partial charge on any atom is -0.492 e. The zero-order valence-electron chi connectivity index (χ0n) is 12.8. The van der Waals surface area contributed by atoms with Gasteiger partial charge in [0.1, 0.15) is 12.4 Å². The largest absolute Gasteiger partial charge is 0.492 e. The van der Waals surface area contributed by atoms with Gasteiger partial charge in [0, 0.05) is 6.54 Å². The lowest BCUT2D eigenvalue weighted by molar-refractivity contribution is 0.221. The quantitative estimate of drug-likeness (QED) is 0.784. The Balaban J connectivity index is 2.63. The lowest BCUT2D eigenvalue weighted by Crippen LogP contribution is -2.28. The van der Waals surface area contributed by atoms with Crippen molar-refractivity contribution in [2.75, 3.05) is 32.8 Å². The topological polar surface area (TPSA) is 38.5 Å². The molecule has 1 aromatic rings. The van der Waals surface area contributed by atoms with Gasteiger partial charge in [-0.3, -0.25) is 0 Å². The van der Waals surface area contributed by atoms with E-state index in [1.807, 2.05) is 0 Å². The summed E-state index contributed by atoms with van der Waals surface area (Å²) in [6.07, 6.45) is 0.932. The van der Waals surface area contributed by atoms with Gasteiger partial charge in [-0.05, 0) is 56.6 Å². The Morgan fingerprint density at radius 1 is 1.11 bits per heavy atom. The highest BCUT2D eigenvalue weighted by atomic mass is 16.5. The van der Waals surface area contributed by atoms with Crippen LogP contribution in [0.4, 0.5) is 0 Å². The van der Waals surface area contributed by atoms with E-state index < -0.39 is 0 Å². The molecule has 0 unspecified atom stereocenters. The molecule has 0 radical (unpaired) electrons. The Labute approximate surface area is 117 Å². The van der Waals surface area contributed by atoms with E-state index in [-0.39, 0.29) is 0 Å². The van der Waals surface area contributed by atoms with E-state index in [0.717, 1.165) is 38.4 Å². The molecule has 3 heteroatoms. The van der Waals surface area contributed by atoms with Crippen LogP contribution >= 0.6 is 0 Å². The molecular weight excluding hydrogens is 236 g/mol. The summed E-state index contributed by atoms with van der Waals surface area (Å²) in [4.78, 5) is 2.37. The normalized spacial score (nSPS) is 11.1. The Morgan fingerprint density at radius 2 is 1.68 bits per heavy atom. The predicted octanol–water partition coefficient (Wildman–Crippen LogP) is 2.53. The number of hydrogen-bond donors (Lipinski definition) is 1. The standard InChI is InChI=1S/C16H28N2O/c1-5-18(6-2)9-10-19-16-13(3)11-15(7-8-17)12-14(16)4/h11-12H,5-10,17H2,1-4H3. The number of aryl methyl sites for hydroxylation is 2. The summed E-state index contributed by atoms with van der Waals surface area (Å²) < 4.78 is 5.96. The number of hydrogen-bond acceptors (Lipinski definition) is 3. The van der Waals surface area contributed by atoms with Gasteiger partial charge in [0.15, 0.2) is 0 Å². The van der Waals surface area contributed by atoms with Crippen molar-refractivity contribution < 1.29 is 4.74 Å². The third-order valence-electron chi connectivity index (χ3n) is 3.50. The second-order valence-corrected chi connectivity index (χ2v) is 4.97. The Morgan fingerprint density at radius 3 is 2.16 bits per heavy atom. The molecule has 0 fully saturated rings. The van der Waals surface area contributed by atoms with Crippen LogP contribution in [0.15, 0.2) is 12.1 Å². The molecular formula is C16H28N2O. The number of benzene rings is 1. The fourth-order valence-corrected chi connectivity index (χ4v) is 2.40. The summed E-state index contributed by atoms with van der Waals surface area (Å²) >= 11 is 0. The highest BCUT2D eigenvalue weighted by Crippen LogP contribution is 2.25. The molecule has 0 bridgehead atoms. The lowest BCUT2D eigenvalue weighted by atomic mass is 10.0. The first-order valence-electron chi connectivity index (χ1n) is 7.27. The molecule has 0 aliphatic rings. The Kier molecular flexibility index (Phi) is 6.89. The molecule has 19 heavy (non-hydrogen) atoms. The average Bonchev–Trinajstić information content (AvgIpc) is 2.38. The minimum absolute atomic E-state index is 0.695. The Hall–Kier alpha value is -1.06. The van der Waals surface area contributed by atoms with E-state index in [9.17, 15) is 0 Å².